The number of carbonyl (C=O) groups is 2. The molecule has 0 bridgehead atoms. The molecule has 1 aromatic heterocycles. The Morgan fingerprint density at radius 3 is 2.56 bits per heavy atom. The Morgan fingerprint density at radius 1 is 1.22 bits per heavy atom. The van der Waals surface area contributed by atoms with Crippen molar-refractivity contribution in [1.82, 2.24) is 14.8 Å². The monoisotopic (exact) mass is 518 g/mol. The SMILES string of the molecule is CCCC(=O)c1nc2n(n1)CCOC2.CNc1c(P)cc(F)cc1CCCC=O.Fc1ccccc1. The Balaban J connectivity index is 0.000000202. The Labute approximate surface area is 212 Å². The molecule has 0 fully saturated rings. The molecule has 7 nitrogen and oxygen atoms in total. The van der Waals surface area contributed by atoms with Crippen molar-refractivity contribution in [3.63, 3.8) is 0 Å². The molecule has 1 N–H and O–H groups in total. The Hall–Kier alpha value is -3.03. The molecule has 0 spiro atoms. The molecule has 0 amide bonds. The lowest BCUT2D eigenvalue weighted by Crippen LogP contribution is -2.17. The van der Waals surface area contributed by atoms with E-state index in [1.807, 2.05) is 14.0 Å². The number of aromatic nitrogens is 3. The molecule has 10 heteroatoms. The first-order valence-corrected chi connectivity index (χ1v) is 12.4. The van der Waals surface area contributed by atoms with Gasteiger partial charge >= 0.3 is 0 Å². The van der Waals surface area contributed by atoms with Crippen LogP contribution >= 0.6 is 9.24 Å². The first-order chi connectivity index (χ1) is 17.4. The van der Waals surface area contributed by atoms with Crippen molar-refractivity contribution in [2.75, 3.05) is 19.0 Å². The van der Waals surface area contributed by atoms with Gasteiger partial charge in [-0.25, -0.2) is 18.4 Å². The van der Waals surface area contributed by atoms with E-state index in [2.05, 4.69) is 24.6 Å². The van der Waals surface area contributed by atoms with Crippen molar-refractivity contribution in [2.24, 2.45) is 0 Å². The number of Topliss-reactive ketones (excluding diaryl/α,β-unsaturated/α-hetero) is 1. The van der Waals surface area contributed by atoms with E-state index in [4.69, 9.17) is 4.74 Å². The number of aldehydes is 1. The van der Waals surface area contributed by atoms with Gasteiger partial charge in [0.2, 0.25) is 11.6 Å². The summed E-state index contributed by atoms with van der Waals surface area (Å²) >= 11 is 0. The third kappa shape index (κ3) is 9.55. The minimum Gasteiger partial charge on any atom is -0.387 e. The number of unbranched alkanes of at least 4 members (excludes halogenated alkanes) is 1. The number of hydrogen-bond donors (Lipinski definition) is 1. The van der Waals surface area contributed by atoms with Crippen LogP contribution in [0.25, 0.3) is 0 Å². The van der Waals surface area contributed by atoms with Gasteiger partial charge in [-0.3, -0.25) is 4.79 Å². The number of nitrogens with zero attached hydrogens (tertiary/aromatic N) is 3. The third-order valence-electron chi connectivity index (χ3n) is 5.12. The maximum absolute atomic E-state index is 13.1. The number of halogens is 2. The zero-order valence-electron chi connectivity index (χ0n) is 20.7. The second-order valence-corrected chi connectivity index (χ2v) is 8.56. The smallest absolute Gasteiger partial charge is 0.217 e. The molecule has 2 aromatic carbocycles. The molecule has 0 aliphatic carbocycles. The standard InChI is InChI=1S/C11H15FNOP.C9H13N3O2.C6H5F/c1-13-11-8(4-2-3-5-14)6-9(12)7-10(11)15;1-2-3-7(13)9-10-8-6-14-5-4-12(8)11-9;7-6-4-2-1-3-5-6/h5-7,13H,2-4,15H2,1H3;2-6H2,1H3;1-5H. The van der Waals surface area contributed by atoms with Crippen LogP contribution < -0.4 is 10.6 Å². The second-order valence-electron chi connectivity index (χ2n) is 7.93. The summed E-state index contributed by atoms with van der Waals surface area (Å²) in [6.45, 7) is 3.78. The number of aryl methyl sites for hydroxylation is 1. The van der Waals surface area contributed by atoms with Crippen LogP contribution in [0.5, 0.6) is 0 Å². The molecule has 0 saturated carbocycles. The van der Waals surface area contributed by atoms with E-state index >= 15 is 0 Å². The summed E-state index contributed by atoms with van der Waals surface area (Å²) in [5.74, 6) is 0.708. The van der Waals surface area contributed by atoms with Crippen molar-refractivity contribution in [3.8, 4) is 0 Å². The second kappa shape index (κ2) is 15.9. The highest BCUT2D eigenvalue weighted by molar-refractivity contribution is 7.28. The van der Waals surface area contributed by atoms with Gasteiger partial charge < -0.3 is 14.8 Å². The lowest BCUT2D eigenvalue weighted by molar-refractivity contribution is -0.107. The van der Waals surface area contributed by atoms with Gasteiger partial charge in [-0.2, -0.15) is 0 Å². The van der Waals surface area contributed by atoms with E-state index in [-0.39, 0.29) is 17.4 Å². The molecule has 4 rings (SSSR count). The fourth-order valence-corrected chi connectivity index (χ4v) is 3.90. The van der Waals surface area contributed by atoms with E-state index < -0.39 is 0 Å². The highest BCUT2D eigenvalue weighted by atomic mass is 31.0. The van der Waals surface area contributed by atoms with E-state index in [1.165, 1.54) is 24.3 Å². The van der Waals surface area contributed by atoms with Crippen molar-refractivity contribution in [2.45, 2.75) is 52.2 Å². The Kier molecular flexibility index (Phi) is 12.9. The van der Waals surface area contributed by atoms with Gasteiger partial charge in [0.15, 0.2) is 5.82 Å². The van der Waals surface area contributed by atoms with Gasteiger partial charge in [0.25, 0.3) is 0 Å². The molecular formula is C26H33F2N4O3P. The summed E-state index contributed by atoms with van der Waals surface area (Å²) < 4.78 is 32.0. The van der Waals surface area contributed by atoms with E-state index in [0.29, 0.717) is 44.8 Å². The van der Waals surface area contributed by atoms with Crippen LogP contribution in [-0.4, -0.2) is 40.5 Å². The number of ketones is 1. The zero-order chi connectivity index (χ0) is 26.3. The number of anilines is 1. The molecule has 194 valence electrons. The molecule has 1 aliphatic heterocycles. The summed E-state index contributed by atoms with van der Waals surface area (Å²) in [4.78, 5) is 25.8. The summed E-state index contributed by atoms with van der Waals surface area (Å²) in [7, 11) is 4.31. The zero-order valence-corrected chi connectivity index (χ0v) is 21.8. The molecule has 0 radical (unpaired) electrons. The van der Waals surface area contributed by atoms with Crippen LogP contribution in [0.15, 0.2) is 42.5 Å². The van der Waals surface area contributed by atoms with Crippen LogP contribution in [0.3, 0.4) is 0 Å². The number of hydrogen-bond acceptors (Lipinski definition) is 6. The molecule has 1 unspecified atom stereocenters. The predicted molar refractivity (Wildman–Crippen MR) is 140 cm³/mol. The topological polar surface area (TPSA) is 86.1 Å². The normalized spacial score (nSPS) is 11.8. The van der Waals surface area contributed by atoms with Crippen molar-refractivity contribution in [3.05, 3.63) is 71.3 Å². The fourth-order valence-electron chi connectivity index (χ4n) is 3.41. The van der Waals surface area contributed by atoms with Crippen LogP contribution in [0.1, 0.15) is 54.6 Å². The maximum atomic E-state index is 13.1. The Bertz CT molecular complexity index is 1090. The summed E-state index contributed by atoms with van der Waals surface area (Å²) in [5.41, 5.74) is 1.86. The first-order valence-electron chi connectivity index (χ1n) is 11.8. The van der Waals surface area contributed by atoms with Crippen LogP contribution in [-0.2, 0) is 29.1 Å². The van der Waals surface area contributed by atoms with E-state index in [0.717, 1.165) is 41.5 Å². The third-order valence-corrected chi connectivity index (χ3v) is 5.58. The van der Waals surface area contributed by atoms with Gasteiger partial charge in [0.05, 0.1) is 13.2 Å². The molecular weight excluding hydrogens is 485 g/mol. The quantitative estimate of drug-likeness (QED) is 0.205. The van der Waals surface area contributed by atoms with Gasteiger partial charge in [-0.1, -0.05) is 25.1 Å². The fraction of sp³-hybridized carbons (Fsp3) is 0.385. The van der Waals surface area contributed by atoms with Crippen molar-refractivity contribution < 1.29 is 23.1 Å². The van der Waals surface area contributed by atoms with Crippen molar-refractivity contribution >= 4 is 32.3 Å². The van der Waals surface area contributed by atoms with Gasteiger partial charge in [0.1, 0.15) is 24.5 Å². The van der Waals surface area contributed by atoms with Gasteiger partial charge in [0, 0.05) is 25.6 Å². The molecule has 3 aromatic rings. The predicted octanol–water partition coefficient (Wildman–Crippen LogP) is 4.51. The van der Waals surface area contributed by atoms with Crippen LogP contribution in [0.4, 0.5) is 14.5 Å². The lowest BCUT2D eigenvalue weighted by atomic mass is 10.1. The number of nitrogens with one attached hydrogen (secondary N) is 1. The summed E-state index contributed by atoms with van der Waals surface area (Å²) in [6.07, 6.45) is 4.23. The number of ether oxygens (including phenoxy) is 1. The maximum Gasteiger partial charge on any atom is 0.217 e. The van der Waals surface area contributed by atoms with E-state index in [1.54, 1.807) is 22.9 Å². The number of rotatable bonds is 8. The summed E-state index contributed by atoms with van der Waals surface area (Å²) in [5, 5.41) is 8.01. The Morgan fingerprint density at radius 2 is 1.97 bits per heavy atom. The van der Waals surface area contributed by atoms with Crippen LogP contribution in [0, 0.1) is 11.6 Å². The van der Waals surface area contributed by atoms with E-state index in [9.17, 15) is 18.4 Å². The minimum atomic E-state index is -0.236. The molecule has 1 atom stereocenters. The largest absolute Gasteiger partial charge is 0.387 e. The molecule has 2 heterocycles. The average molecular weight is 519 g/mol. The van der Waals surface area contributed by atoms with Crippen molar-refractivity contribution in [1.29, 1.82) is 0 Å². The number of fused-ring (bicyclic) bond motifs is 1. The summed E-state index contributed by atoms with van der Waals surface area (Å²) in [6, 6.07) is 10.9. The average Bonchev–Trinajstić information content (AvgIpc) is 3.30. The number of benzene rings is 2. The van der Waals surface area contributed by atoms with Crippen LogP contribution in [0.2, 0.25) is 0 Å². The number of carbonyl (C=O) groups excluding carboxylic acids is 2. The first kappa shape index (κ1) is 29.2. The minimum absolute atomic E-state index is 0.0226. The molecule has 36 heavy (non-hydrogen) atoms. The highest BCUT2D eigenvalue weighted by Gasteiger charge is 2.17. The lowest BCUT2D eigenvalue weighted by Gasteiger charge is -2.11. The van der Waals surface area contributed by atoms with Gasteiger partial charge in [-0.15, -0.1) is 14.3 Å². The van der Waals surface area contributed by atoms with Gasteiger partial charge in [-0.05, 0) is 54.4 Å². The molecule has 0 saturated heterocycles. The highest BCUT2D eigenvalue weighted by Crippen LogP contribution is 2.19. The molecule has 1 aliphatic rings.